The van der Waals surface area contributed by atoms with Gasteiger partial charge >= 0.3 is 0 Å². The molecule has 4 rings (SSSR count). The van der Waals surface area contributed by atoms with Crippen LogP contribution in [0, 0.1) is 5.92 Å². The monoisotopic (exact) mass is 517 g/mol. The second-order valence-corrected chi connectivity index (χ2v) is 10.6. The molecule has 0 bridgehead atoms. The van der Waals surface area contributed by atoms with Crippen molar-refractivity contribution in [2.45, 2.75) is 77.4 Å². The number of benzene rings is 2. The Kier molecular flexibility index (Phi) is 9.15. The van der Waals surface area contributed by atoms with Gasteiger partial charge in [-0.15, -0.1) is 0 Å². The number of para-hydroxylation sites is 2. The van der Waals surface area contributed by atoms with E-state index in [-0.39, 0.29) is 42.6 Å². The van der Waals surface area contributed by atoms with Crippen LogP contribution in [-0.4, -0.2) is 45.2 Å². The highest BCUT2D eigenvalue weighted by molar-refractivity contribution is 5.88. The molecule has 0 spiro atoms. The second-order valence-electron chi connectivity index (χ2n) is 10.6. The summed E-state index contributed by atoms with van der Waals surface area (Å²) >= 11 is 0. The van der Waals surface area contributed by atoms with Crippen LogP contribution in [0.4, 0.5) is 0 Å². The molecule has 202 valence electrons. The number of amides is 3. The van der Waals surface area contributed by atoms with Crippen molar-refractivity contribution in [3.05, 3.63) is 66.0 Å². The van der Waals surface area contributed by atoms with Gasteiger partial charge in [0.05, 0.1) is 23.1 Å². The molecule has 1 aliphatic heterocycles. The minimum absolute atomic E-state index is 0.0101. The maximum absolute atomic E-state index is 13.3. The third kappa shape index (κ3) is 7.00. The van der Waals surface area contributed by atoms with E-state index in [0.29, 0.717) is 24.7 Å². The molecular formula is C30H39N5O3. The van der Waals surface area contributed by atoms with E-state index in [1.54, 1.807) is 0 Å². The Hall–Kier alpha value is -3.68. The Morgan fingerprint density at radius 2 is 1.71 bits per heavy atom. The van der Waals surface area contributed by atoms with Crippen LogP contribution in [0.3, 0.4) is 0 Å². The number of likely N-dealkylation sites (tertiary alicyclic amines) is 1. The first-order valence-corrected chi connectivity index (χ1v) is 13.7. The maximum atomic E-state index is 13.3. The molecule has 2 aromatic carbocycles. The molecule has 8 nitrogen and oxygen atoms in total. The first-order valence-electron chi connectivity index (χ1n) is 13.7. The summed E-state index contributed by atoms with van der Waals surface area (Å²) < 4.78 is 0. The molecule has 3 N–H and O–H groups in total. The highest BCUT2D eigenvalue weighted by atomic mass is 16.2. The average Bonchev–Trinajstić information content (AvgIpc) is 3.58. The number of imidazole rings is 1. The van der Waals surface area contributed by atoms with Crippen molar-refractivity contribution in [2.24, 2.45) is 5.92 Å². The quantitative estimate of drug-likeness (QED) is 0.339. The number of H-pyrrole nitrogens is 1. The lowest BCUT2D eigenvalue weighted by Gasteiger charge is -2.26. The highest BCUT2D eigenvalue weighted by Crippen LogP contribution is 2.32. The van der Waals surface area contributed by atoms with Crippen LogP contribution in [-0.2, 0) is 14.4 Å². The number of nitrogens with zero attached hydrogens (tertiary/aromatic N) is 2. The van der Waals surface area contributed by atoms with Gasteiger partial charge in [0.1, 0.15) is 11.9 Å². The van der Waals surface area contributed by atoms with Crippen molar-refractivity contribution in [1.29, 1.82) is 0 Å². The van der Waals surface area contributed by atoms with Crippen LogP contribution in [0.2, 0.25) is 0 Å². The third-order valence-electron chi connectivity index (χ3n) is 7.18. The Balaban J connectivity index is 1.41. The van der Waals surface area contributed by atoms with E-state index in [0.717, 1.165) is 35.9 Å². The first kappa shape index (κ1) is 27.4. The molecule has 0 radical (unpaired) electrons. The lowest BCUT2D eigenvalue weighted by atomic mass is 10.0. The van der Waals surface area contributed by atoms with Crippen molar-refractivity contribution in [3.8, 4) is 0 Å². The zero-order chi connectivity index (χ0) is 27.1. The predicted molar refractivity (Wildman–Crippen MR) is 148 cm³/mol. The fraction of sp³-hybridized carbons (Fsp3) is 0.467. The van der Waals surface area contributed by atoms with E-state index in [4.69, 9.17) is 0 Å². The van der Waals surface area contributed by atoms with Crippen LogP contribution in [0.25, 0.3) is 11.0 Å². The summed E-state index contributed by atoms with van der Waals surface area (Å²) in [6, 6.07) is 16.6. The number of hydrogen-bond acceptors (Lipinski definition) is 4. The van der Waals surface area contributed by atoms with Gasteiger partial charge in [0, 0.05) is 19.4 Å². The normalized spacial score (nSPS) is 16.9. The number of rotatable bonds is 11. The molecule has 2 heterocycles. The van der Waals surface area contributed by atoms with Crippen molar-refractivity contribution in [2.75, 3.05) is 6.54 Å². The van der Waals surface area contributed by atoms with Crippen molar-refractivity contribution < 1.29 is 14.4 Å². The largest absolute Gasteiger partial charge is 0.345 e. The Labute approximate surface area is 224 Å². The molecule has 3 atom stereocenters. The Morgan fingerprint density at radius 3 is 2.45 bits per heavy atom. The molecule has 1 aliphatic rings. The molecule has 3 aromatic rings. The molecule has 3 amide bonds. The van der Waals surface area contributed by atoms with Crippen LogP contribution >= 0.6 is 0 Å². The SMILES string of the molecule is CC(C)CCC(=O)N[C@@H](CCC(=O)N1CCC[C@@H]1c1ccccc1)C(=O)N[C@@H](C)c1nc2ccccc2[nH]1. The zero-order valence-corrected chi connectivity index (χ0v) is 22.6. The van der Waals surface area contributed by atoms with Gasteiger partial charge in [0.25, 0.3) is 0 Å². The minimum atomic E-state index is -0.803. The minimum Gasteiger partial charge on any atom is -0.345 e. The fourth-order valence-electron chi connectivity index (χ4n) is 5.01. The molecule has 8 heteroatoms. The van der Waals surface area contributed by atoms with Gasteiger partial charge in [0.2, 0.25) is 17.7 Å². The van der Waals surface area contributed by atoms with Gasteiger partial charge in [-0.1, -0.05) is 56.3 Å². The summed E-state index contributed by atoms with van der Waals surface area (Å²) in [5.74, 6) is 0.544. The number of nitrogens with one attached hydrogen (secondary N) is 3. The molecule has 0 saturated carbocycles. The summed E-state index contributed by atoms with van der Waals surface area (Å²) in [4.78, 5) is 49.0. The van der Waals surface area contributed by atoms with Crippen LogP contribution in [0.1, 0.15) is 82.8 Å². The van der Waals surface area contributed by atoms with Crippen LogP contribution in [0.15, 0.2) is 54.6 Å². The summed E-state index contributed by atoms with van der Waals surface area (Å²) in [5.41, 5.74) is 2.85. The van der Waals surface area contributed by atoms with Gasteiger partial charge in [0.15, 0.2) is 0 Å². The maximum Gasteiger partial charge on any atom is 0.243 e. The van der Waals surface area contributed by atoms with Gasteiger partial charge in [-0.3, -0.25) is 14.4 Å². The molecule has 0 aliphatic carbocycles. The van der Waals surface area contributed by atoms with Gasteiger partial charge in [-0.25, -0.2) is 4.98 Å². The molecule has 1 fully saturated rings. The summed E-state index contributed by atoms with van der Waals surface area (Å²) in [6.07, 6.45) is 3.39. The average molecular weight is 518 g/mol. The standard InChI is InChI=1S/C30H39N5O3/c1-20(2)15-17-27(36)32-25(30(38)31-21(3)29-33-23-12-7-8-13-24(23)34-29)16-18-28(37)35-19-9-14-26(35)22-10-5-4-6-11-22/h4-8,10-13,20-21,25-26H,9,14-19H2,1-3H3,(H,31,38)(H,32,36)(H,33,34)/t21-,25-,26+/m0/s1. The Morgan fingerprint density at radius 1 is 0.974 bits per heavy atom. The lowest BCUT2D eigenvalue weighted by molar-refractivity contribution is -0.134. The smallest absolute Gasteiger partial charge is 0.243 e. The van der Waals surface area contributed by atoms with E-state index in [1.165, 1.54) is 0 Å². The first-order chi connectivity index (χ1) is 18.3. The van der Waals surface area contributed by atoms with Gasteiger partial charge < -0.3 is 20.5 Å². The number of carbonyl (C=O) groups excluding carboxylic acids is 3. The van der Waals surface area contributed by atoms with Gasteiger partial charge in [-0.2, -0.15) is 0 Å². The van der Waals surface area contributed by atoms with E-state index < -0.39 is 6.04 Å². The summed E-state index contributed by atoms with van der Waals surface area (Å²) in [7, 11) is 0. The van der Waals surface area contributed by atoms with Gasteiger partial charge in [-0.05, 0) is 56.2 Å². The van der Waals surface area contributed by atoms with E-state index >= 15 is 0 Å². The molecule has 0 unspecified atom stereocenters. The van der Waals surface area contributed by atoms with E-state index in [1.807, 2.05) is 54.3 Å². The number of hydrogen-bond donors (Lipinski definition) is 3. The fourth-order valence-corrected chi connectivity index (χ4v) is 5.01. The summed E-state index contributed by atoms with van der Waals surface area (Å²) in [5, 5.41) is 5.88. The zero-order valence-electron chi connectivity index (χ0n) is 22.6. The third-order valence-corrected chi connectivity index (χ3v) is 7.18. The molecule has 1 saturated heterocycles. The topological polar surface area (TPSA) is 107 Å². The lowest BCUT2D eigenvalue weighted by Crippen LogP contribution is -2.48. The number of fused-ring (bicyclic) bond motifs is 1. The van der Waals surface area contributed by atoms with Crippen LogP contribution in [0.5, 0.6) is 0 Å². The molecule has 1 aromatic heterocycles. The van der Waals surface area contributed by atoms with Crippen LogP contribution < -0.4 is 10.6 Å². The number of aromatic nitrogens is 2. The second kappa shape index (κ2) is 12.7. The van der Waals surface area contributed by atoms with Crippen molar-refractivity contribution in [1.82, 2.24) is 25.5 Å². The summed E-state index contributed by atoms with van der Waals surface area (Å²) in [6.45, 7) is 6.68. The van der Waals surface area contributed by atoms with E-state index in [9.17, 15) is 14.4 Å². The number of carbonyl (C=O) groups is 3. The Bertz CT molecular complexity index is 1210. The van der Waals surface area contributed by atoms with Crippen molar-refractivity contribution in [3.63, 3.8) is 0 Å². The van der Waals surface area contributed by atoms with Crippen molar-refractivity contribution >= 4 is 28.8 Å². The van der Waals surface area contributed by atoms with E-state index in [2.05, 4.69) is 46.6 Å². The number of aromatic amines is 1. The predicted octanol–water partition coefficient (Wildman–Crippen LogP) is 4.81. The molecule has 38 heavy (non-hydrogen) atoms. The molecular weight excluding hydrogens is 478 g/mol. The highest BCUT2D eigenvalue weighted by Gasteiger charge is 2.31.